The molecule has 22 heavy (non-hydrogen) atoms. The van der Waals surface area contributed by atoms with E-state index in [9.17, 15) is 8.42 Å². The van der Waals surface area contributed by atoms with Crippen LogP contribution < -0.4 is 14.2 Å². The normalized spacial score (nSPS) is 21.0. The average Bonchev–Trinajstić information content (AvgIpc) is 3.00. The van der Waals surface area contributed by atoms with Crippen LogP contribution in [-0.2, 0) is 21.3 Å². The molecule has 1 unspecified atom stereocenters. The van der Waals surface area contributed by atoms with Gasteiger partial charge in [-0.25, -0.2) is 13.1 Å². The lowest BCUT2D eigenvalue weighted by Gasteiger charge is -2.21. The minimum absolute atomic E-state index is 0.144. The van der Waals surface area contributed by atoms with Crippen molar-refractivity contribution in [1.29, 1.82) is 0 Å². The molecule has 0 bridgehead atoms. The molecular weight excluding hydrogens is 306 g/mol. The summed E-state index contributed by atoms with van der Waals surface area (Å²) in [5, 5.41) is 0. The summed E-state index contributed by atoms with van der Waals surface area (Å²) in [5.41, 5.74) is 0.855. The van der Waals surface area contributed by atoms with Gasteiger partial charge in [-0.3, -0.25) is 0 Å². The second kappa shape index (κ2) is 6.85. The predicted molar refractivity (Wildman–Crippen MR) is 81.4 cm³/mol. The Morgan fingerprint density at radius 1 is 1.23 bits per heavy atom. The Balaban J connectivity index is 1.49. The monoisotopic (exact) mass is 327 g/mol. The molecule has 0 saturated carbocycles. The smallest absolute Gasteiger partial charge is 0.231 e. The molecule has 1 aromatic rings. The van der Waals surface area contributed by atoms with E-state index < -0.39 is 10.0 Å². The lowest BCUT2D eigenvalue weighted by Crippen LogP contribution is -2.28. The second-order valence-electron chi connectivity index (χ2n) is 5.70. The highest BCUT2D eigenvalue weighted by atomic mass is 32.2. The molecule has 2 heterocycles. The third kappa shape index (κ3) is 4.12. The van der Waals surface area contributed by atoms with E-state index in [1.165, 1.54) is 0 Å². The highest BCUT2D eigenvalue weighted by Crippen LogP contribution is 2.32. The van der Waals surface area contributed by atoms with Crippen LogP contribution in [-0.4, -0.2) is 34.2 Å². The summed E-state index contributed by atoms with van der Waals surface area (Å²) >= 11 is 0. The molecule has 1 atom stereocenters. The molecule has 7 heteroatoms. The summed E-state index contributed by atoms with van der Waals surface area (Å²) in [4.78, 5) is 0. The van der Waals surface area contributed by atoms with E-state index in [4.69, 9.17) is 14.2 Å². The van der Waals surface area contributed by atoms with Crippen molar-refractivity contribution in [2.24, 2.45) is 5.92 Å². The zero-order chi connectivity index (χ0) is 15.4. The molecule has 2 aliphatic heterocycles. The largest absolute Gasteiger partial charge is 0.454 e. The number of nitrogens with one attached hydrogen (secondary N) is 1. The molecule has 1 saturated heterocycles. The number of fused-ring (bicyclic) bond motifs is 1. The molecule has 1 aromatic carbocycles. The summed E-state index contributed by atoms with van der Waals surface area (Å²) in [6.45, 7) is 1.96. The topological polar surface area (TPSA) is 73.9 Å². The summed E-state index contributed by atoms with van der Waals surface area (Å²) < 4.78 is 42.7. The van der Waals surface area contributed by atoms with Crippen LogP contribution in [0.2, 0.25) is 0 Å². The Labute approximate surface area is 130 Å². The van der Waals surface area contributed by atoms with Gasteiger partial charge in [-0.15, -0.1) is 0 Å². The van der Waals surface area contributed by atoms with Crippen LogP contribution in [0.5, 0.6) is 11.5 Å². The van der Waals surface area contributed by atoms with Crippen molar-refractivity contribution in [2.75, 3.05) is 25.8 Å². The minimum Gasteiger partial charge on any atom is -0.454 e. The first-order chi connectivity index (χ1) is 10.6. The molecule has 6 nitrogen and oxygen atoms in total. The van der Waals surface area contributed by atoms with E-state index in [-0.39, 0.29) is 19.1 Å². The van der Waals surface area contributed by atoms with Gasteiger partial charge in [0.1, 0.15) is 0 Å². The summed E-state index contributed by atoms with van der Waals surface area (Å²) in [5.74, 6) is 1.86. The Bertz CT molecular complexity index is 610. The third-order valence-electron chi connectivity index (χ3n) is 3.98. The van der Waals surface area contributed by atoms with Crippen molar-refractivity contribution in [3.05, 3.63) is 23.8 Å². The molecule has 1 fully saturated rings. The fourth-order valence-electron chi connectivity index (χ4n) is 2.67. The first kappa shape index (κ1) is 15.6. The van der Waals surface area contributed by atoms with Crippen LogP contribution in [0.4, 0.5) is 0 Å². The highest BCUT2D eigenvalue weighted by molar-refractivity contribution is 7.89. The van der Waals surface area contributed by atoms with Crippen LogP contribution in [0.15, 0.2) is 18.2 Å². The molecule has 0 aliphatic carbocycles. The molecule has 0 aromatic heterocycles. The van der Waals surface area contributed by atoms with Crippen LogP contribution in [0.25, 0.3) is 0 Å². The van der Waals surface area contributed by atoms with Crippen molar-refractivity contribution in [1.82, 2.24) is 4.72 Å². The van der Waals surface area contributed by atoms with Crippen LogP contribution in [0.1, 0.15) is 24.8 Å². The van der Waals surface area contributed by atoms with E-state index in [0.717, 1.165) is 25.0 Å². The second-order valence-corrected chi connectivity index (χ2v) is 7.63. The molecule has 3 rings (SSSR count). The SMILES string of the molecule is O=S(=O)(CCC1CCCOC1)NCc1ccc2c(c1)OCO2. The van der Waals surface area contributed by atoms with Crippen molar-refractivity contribution < 1.29 is 22.6 Å². The Kier molecular flexibility index (Phi) is 4.85. The molecule has 0 radical (unpaired) electrons. The Hall–Kier alpha value is -1.31. The van der Waals surface area contributed by atoms with E-state index in [0.29, 0.717) is 30.4 Å². The van der Waals surface area contributed by atoms with Crippen LogP contribution >= 0.6 is 0 Å². The molecule has 122 valence electrons. The number of hydrogen-bond acceptors (Lipinski definition) is 5. The number of rotatable bonds is 6. The number of benzene rings is 1. The summed E-state index contributed by atoms with van der Waals surface area (Å²) in [7, 11) is -3.27. The third-order valence-corrected chi connectivity index (χ3v) is 5.34. The Morgan fingerprint density at radius 3 is 2.91 bits per heavy atom. The van der Waals surface area contributed by atoms with Gasteiger partial charge in [0.2, 0.25) is 16.8 Å². The van der Waals surface area contributed by atoms with E-state index in [1.54, 1.807) is 12.1 Å². The predicted octanol–water partition coefficient (Wildman–Crippen LogP) is 1.65. The average molecular weight is 327 g/mol. The fraction of sp³-hybridized carbons (Fsp3) is 0.600. The maximum Gasteiger partial charge on any atom is 0.231 e. The molecule has 0 spiro atoms. The number of hydrogen-bond donors (Lipinski definition) is 1. The first-order valence-corrected chi connectivity index (χ1v) is 9.21. The van der Waals surface area contributed by atoms with Gasteiger partial charge in [-0.05, 0) is 42.9 Å². The van der Waals surface area contributed by atoms with Gasteiger partial charge >= 0.3 is 0 Å². The van der Waals surface area contributed by atoms with Crippen molar-refractivity contribution >= 4 is 10.0 Å². The maximum absolute atomic E-state index is 12.1. The summed E-state index contributed by atoms with van der Waals surface area (Å²) in [6.07, 6.45) is 2.73. The van der Waals surface area contributed by atoms with Crippen molar-refractivity contribution in [3.63, 3.8) is 0 Å². The molecule has 1 N–H and O–H groups in total. The van der Waals surface area contributed by atoms with Gasteiger partial charge in [0.25, 0.3) is 0 Å². The maximum atomic E-state index is 12.1. The van der Waals surface area contributed by atoms with Crippen molar-refractivity contribution in [2.45, 2.75) is 25.8 Å². The van der Waals surface area contributed by atoms with Gasteiger partial charge < -0.3 is 14.2 Å². The van der Waals surface area contributed by atoms with E-state index in [1.807, 2.05) is 6.07 Å². The minimum atomic E-state index is -3.27. The first-order valence-electron chi connectivity index (χ1n) is 7.56. The van der Waals surface area contributed by atoms with Crippen LogP contribution in [0, 0.1) is 5.92 Å². The lowest BCUT2D eigenvalue weighted by atomic mass is 10.00. The fourth-order valence-corrected chi connectivity index (χ4v) is 3.85. The molecule has 2 aliphatic rings. The van der Waals surface area contributed by atoms with Gasteiger partial charge in [-0.2, -0.15) is 0 Å². The van der Waals surface area contributed by atoms with Crippen molar-refractivity contribution in [3.8, 4) is 11.5 Å². The highest BCUT2D eigenvalue weighted by Gasteiger charge is 2.19. The zero-order valence-corrected chi connectivity index (χ0v) is 13.2. The van der Waals surface area contributed by atoms with Gasteiger partial charge in [-0.1, -0.05) is 6.07 Å². The van der Waals surface area contributed by atoms with Gasteiger partial charge in [0.05, 0.1) is 5.75 Å². The number of ether oxygens (including phenoxy) is 3. The van der Waals surface area contributed by atoms with Gasteiger partial charge in [0, 0.05) is 19.8 Å². The standard InChI is InChI=1S/C15H21NO5S/c17-22(18,7-5-12-2-1-6-19-10-12)16-9-13-3-4-14-15(8-13)21-11-20-14/h3-4,8,12,16H,1-2,5-7,9-11H2. The lowest BCUT2D eigenvalue weighted by molar-refractivity contribution is 0.0538. The zero-order valence-electron chi connectivity index (χ0n) is 12.4. The molecular formula is C15H21NO5S. The van der Waals surface area contributed by atoms with E-state index >= 15 is 0 Å². The van der Waals surface area contributed by atoms with E-state index in [2.05, 4.69) is 4.72 Å². The molecule has 0 amide bonds. The van der Waals surface area contributed by atoms with Gasteiger partial charge in [0.15, 0.2) is 11.5 Å². The Morgan fingerprint density at radius 2 is 2.09 bits per heavy atom. The quantitative estimate of drug-likeness (QED) is 0.860. The summed E-state index contributed by atoms with van der Waals surface area (Å²) in [6, 6.07) is 5.44. The van der Waals surface area contributed by atoms with Crippen LogP contribution in [0.3, 0.4) is 0 Å². The number of sulfonamides is 1.